The summed E-state index contributed by atoms with van der Waals surface area (Å²) in [5.41, 5.74) is 5.18. The summed E-state index contributed by atoms with van der Waals surface area (Å²) in [5.74, 6) is -0.210. The van der Waals surface area contributed by atoms with Crippen LogP contribution in [-0.4, -0.2) is 47.9 Å². The molecule has 136 valence electrons. The van der Waals surface area contributed by atoms with E-state index >= 15 is 0 Å². The second kappa shape index (κ2) is 8.10. The summed E-state index contributed by atoms with van der Waals surface area (Å²) in [4.78, 5) is 29.8. The van der Waals surface area contributed by atoms with Gasteiger partial charge in [0, 0.05) is 30.2 Å². The summed E-state index contributed by atoms with van der Waals surface area (Å²) in [6.45, 7) is 5.68. The summed E-state index contributed by atoms with van der Waals surface area (Å²) >= 11 is 0. The first-order valence-corrected chi connectivity index (χ1v) is 8.81. The third-order valence-corrected chi connectivity index (χ3v) is 4.31. The van der Waals surface area contributed by atoms with Gasteiger partial charge in [0.25, 0.3) is 0 Å². The molecular weight excluding hydrogens is 328 g/mol. The van der Waals surface area contributed by atoms with Crippen LogP contribution in [0.3, 0.4) is 0 Å². The fourth-order valence-corrected chi connectivity index (χ4v) is 3.15. The van der Waals surface area contributed by atoms with Gasteiger partial charge in [0.05, 0.1) is 13.1 Å². The van der Waals surface area contributed by atoms with Crippen LogP contribution in [0, 0.1) is 13.8 Å². The summed E-state index contributed by atoms with van der Waals surface area (Å²) in [5, 5.41) is 5.85. The van der Waals surface area contributed by atoms with Gasteiger partial charge in [-0.1, -0.05) is 12.1 Å². The average molecular weight is 352 g/mol. The Morgan fingerprint density at radius 3 is 2.50 bits per heavy atom. The lowest BCUT2D eigenvalue weighted by Gasteiger charge is -2.26. The zero-order chi connectivity index (χ0) is 18.5. The van der Waals surface area contributed by atoms with E-state index in [1.165, 1.54) is 11.1 Å². The summed E-state index contributed by atoms with van der Waals surface area (Å²) in [6.07, 6.45) is 0.827. The van der Waals surface area contributed by atoms with Crippen molar-refractivity contribution >= 4 is 17.5 Å². The molecule has 1 aliphatic rings. The third-order valence-electron chi connectivity index (χ3n) is 4.31. The van der Waals surface area contributed by atoms with Crippen LogP contribution in [0.15, 0.2) is 36.4 Å². The second-order valence-corrected chi connectivity index (χ2v) is 6.67. The molecule has 0 atom stereocenters. The number of hydrogen-bond donors (Lipinski definition) is 2. The number of aromatic nitrogens is 1. The monoisotopic (exact) mass is 352 g/mol. The van der Waals surface area contributed by atoms with Gasteiger partial charge >= 0.3 is 0 Å². The Kier molecular flexibility index (Phi) is 5.63. The first-order chi connectivity index (χ1) is 12.5. The quantitative estimate of drug-likeness (QED) is 0.858. The molecule has 3 rings (SSSR count). The van der Waals surface area contributed by atoms with Crippen LogP contribution in [0.1, 0.15) is 22.5 Å². The van der Waals surface area contributed by atoms with E-state index in [4.69, 9.17) is 0 Å². The van der Waals surface area contributed by atoms with Crippen LogP contribution in [0.2, 0.25) is 0 Å². The van der Waals surface area contributed by atoms with E-state index in [1.54, 1.807) is 4.90 Å². The van der Waals surface area contributed by atoms with Crippen molar-refractivity contribution < 1.29 is 9.59 Å². The standard InChI is InChI=1S/C20H24N4O2/c1-14-9-17(10-15(2)22-14)11-16-3-5-18(6-4-16)23-19(25)13-24-8-7-21-12-20(24)26/h3-6,9-10,21H,7-8,11-13H2,1-2H3,(H,23,25). The molecule has 0 bridgehead atoms. The van der Waals surface area contributed by atoms with Crippen LogP contribution < -0.4 is 10.6 Å². The second-order valence-electron chi connectivity index (χ2n) is 6.67. The minimum atomic E-state index is -0.173. The van der Waals surface area contributed by atoms with Gasteiger partial charge in [-0.25, -0.2) is 0 Å². The van der Waals surface area contributed by atoms with Crippen molar-refractivity contribution in [3.63, 3.8) is 0 Å². The van der Waals surface area contributed by atoms with Gasteiger partial charge in [-0.2, -0.15) is 0 Å². The number of benzene rings is 1. The highest BCUT2D eigenvalue weighted by Gasteiger charge is 2.20. The molecule has 6 heteroatoms. The highest BCUT2D eigenvalue weighted by atomic mass is 16.2. The van der Waals surface area contributed by atoms with E-state index in [0.29, 0.717) is 13.1 Å². The molecule has 2 N–H and O–H groups in total. The number of rotatable bonds is 5. The molecule has 6 nitrogen and oxygen atoms in total. The van der Waals surface area contributed by atoms with Crippen molar-refractivity contribution in [2.75, 3.05) is 31.5 Å². The van der Waals surface area contributed by atoms with Crippen LogP contribution in [-0.2, 0) is 16.0 Å². The lowest BCUT2D eigenvalue weighted by Crippen LogP contribution is -2.50. The number of anilines is 1. The SMILES string of the molecule is Cc1cc(Cc2ccc(NC(=O)CN3CCNCC3=O)cc2)cc(C)n1. The first-order valence-electron chi connectivity index (χ1n) is 8.81. The lowest BCUT2D eigenvalue weighted by atomic mass is 10.0. The molecule has 0 spiro atoms. The molecule has 1 aromatic carbocycles. The van der Waals surface area contributed by atoms with E-state index in [0.717, 1.165) is 30.0 Å². The minimum Gasteiger partial charge on any atom is -0.331 e. The van der Waals surface area contributed by atoms with E-state index in [-0.39, 0.29) is 18.4 Å². The van der Waals surface area contributed by atoms with Gasteiger partial charge < -0.3 is 15.5 Å². The van der Waals surface area contributed by atoms with Crippen molar-refractivity contribution in [2.24, 2.45) is 0 Å². The highest BCUT2D eigenvalue weighted by molar-refractivity contribution is 5.94. The fraction of sp³-hybridized carbons (Fsp3) is 0.350. The van der Waals surface area contributed by atoms with Crippen molar-refractivity contribution in [1.29, 1.82) is 0 Å². The molecule has 0 saturated carbocycles. The Hall–Kier alpha value is -2.73. The predicted octanol–water partition coefficient (Wildman–Crippen LogP) is 1.66. The molecular formula is C20H24N4O2. The van der Waals surface area contributed by atoms with Crippen molar-refractivity contribution in [3.05, 3.63) is 58.9 Å². The van der Waals surface area contributed by atoms with Gasteiger partial charge in [-0.05, 0) is 55.7 Å². The van der Waals surface area contributed by atoms with Crippen molar-refractivity contribution in [3.8, 4) is 0 Å². The number of carbonyl (C=O) groups excluding carboxylic acids is 2. The van der Waals surface area contributed by atoms with Crippen LogP contribution in [0.5, 0.6) is 0 Å². The molecule has 1 saturated heterocycles. The van der Waals surface area contributed by atoms with Crippen LogP contribution >= 0.6 is 0 Å². The fourth-order valence-electron chi connectivity index (χ4n) is 3.15. The number of piperazine rings is 1. The van der Waals surface area contributed by atoms with E-state index in [9.17, 15) is 9.59 Å². The number of nitrogens with zero attached hydrogens (tertiary/aromatic N) is 2. The Morgan fingerprint density at radius 2 is 1.85 bits per heavy atom. The Bertz CT molecular complexity index is 782. The van der Waals surface area contributed by atoms with Gasteiger partial charge in [-0.15, -0.1) is 0 Å². The topological polar surface area (TPSA) is 74.3 Å². The first kappa shape index (κ1) is 18.1. The normalized spacial score (nSPS) is 14.4. The number of nitrogens with one attached hydrogen (secondary N) is 2. The molecule has 2 heterocycles. The lowest BCUT2D eigenvalue weighted by molar-refractivity contribution is -0.135. The molecule has 2 aromatic rings. The van der Waals surface area contributed by atoms with Crippen molar-refractivity contribution in [1.82, 2.24) is 15.2 Å². The molecule has 0 unspecified atom stereocenters. The number of hydrogen-bond acceptors (Lipinski definition) is 4. The molecule has 0 radical (unpaired) electrons. The summed E-state index contributed by atoms with van der Waals surface area (Å²) < 4.78 is 0. The number of pyridine rings is 1. The maximum absolute atomic E-state index is 12.1. The molecule has 1 aliphatic heterocycles. The van der Waals surface area contributed by atoms with Crippen LogP contribution in [0.25, 0.3) is 0 Å². The van der Waals surface area contributed by atoms with E-state index in [1.807, 2.05) is 38.1 Å². The Balaban J connectivity index is 1.57. The molecule has 0 aliphatic carbocycles. The van der Waals surface area contributed by atoms with Crippen molar-refractivity contribution in [2.45, 2.75) is 20.3 Å². The van der Waals surface area contributed by atoms with Gasteiger partial charge in [0.15, 0.2) is 0 Å². The van der Waals surface area contributed by atoms with Gasteiger partial charge in [0.2, 0.25) is 11.8 Å². The van der Waals surface area contributed by atoms with Gasteiger partial charge in [0.1, 0.15) is 0 Å². The molecule has 2 amide bonds. The smallest absolute Gasteiger partial charge is 0.243 e. The minimum absolute atomic E-state index is 0.0373. The Morgan fingerprint density at radius 1 is 1.15 bits per heavy atom. The Labute approximate surface area is 153 Å². The van der Waals surface area contributed by atoms with E-state index in [2.05, 4.69) is 27.8 Å². The summed E-state index contributed by atoms with van der Waals surface area (Å²) in [6, 6.07) is 12.0. The van der Waals surface area contributed by atoms with E-state index < -0.39 is 0 Å². The summed E-state index contributed by atoms with van der Waals surface area (Å²) in [7, 11) is 0. The van der Waals surface area contributed by atoms with Gasteiger partial charge in [-0.3, -0.25) is 14.6 Å². The average Bonchev–Trinajstić information content (AvgIpc) is 2.58. The zero-order valence-corrected chi connectivity index (χ0v) is 15.2. The zero-order valence-electron chi connectivity index (χ0n) is 15.2. The maximum Gasteiger partial charge on any atom is 0.243 e. The molecule has 1 fully saturated rings. The largest absolute Gasteiger partial charge is 0.331 e. The molecule has 1 aromatic heterocycles. The third kappa shape index (κ3) is 4.89. The highest BCUT2D eigenvalue weighted by Crippen LogP contribution is 2.15. The van der Waals surface area contributed by atoms with Crippen LogP contribution in [0.4, 0.5) is 5.69 Å². The maximum atomic E-state index is 12.1. The predicted molar refractivity (Wildman–Crippen MR) is 101 cm³/mol. The molecule has 26 heavy (non-hydrogen) atoms. The number of amides is 2. The number of aryl methyl sites for hydroxylation is 2. The number of carbonyl (C=O) groups is 2.